The molecule has 0 saturated carbocycles. The number of benzene rings is 3. The second-order valence-electron chi connectivity index (χ2n) is 9.88. The van der Waals surface area contributed by atoms with Crippen LogP contribution in [0.4, 0.5) is 11.4 Å². The quantitative estimate of drug-likeness (QED) is 0.360. The first-order valence-electron chi connectivity index (χ1n) is 12.5. The molecule has 6 nitrogen and oxygen atoms in total. The fourth-order valence-corrected chi connectivity index (χ4v) is 5.43. The molecule has 0 N–H and O–H groups in total. The molecule has 1 aromatic heterocycles. The van der Waals surface area contributed by atoms with Crippen LogP contribution in [0.1, 0.15) is 43.1 Å². The van der Waals surface area contributed by atoms with E-state index in [1.165, 1.54) is 0 Å². The summed E-state index contributed by atoms with van der Waals surface area (Å²) in [5, 5.41) is 0. The number of para-hydroxylation sites is 4. The second kappa shape index (κ2) is 9.61. The van der Waals surface area contributed by atoms with Crippen molar-refractivity contribution < 1.29 is 9.59 Å². The molecule has 0 bridgehead atoms. The predicted molar refractivity (Wildman–Crippen MR) is 144 cm³/mol. The summed E-state index contributed by atoms with van der Waals surface area (Å²) in [4.78, 5) is 35.6. The van der Waals surface area contributed by atoms with Crippen molar-refractivity contribution in [1.82, 2.24) is 9.55 Å². The molecule has 6 heteroatoms. The maximum Gasteiger partial charge on any atom is 0.247 e. The fraction of sp³-hybridized carbons (Fsp3) is 0.300. The van der Waals surface area contributed by atoms with E-state index in [0.717, 1.165) is 39.4 Å². The van der Waals surface area contributed by atoms with Gasteiger partial charge in [0.05, 0.1) is 11.0 Å². The molecule has 1 saturated heterocycles. The molecule has 2 heterocycles. The van der Waals surface area contributed by atoms with Crippen molar-refractivity contribution in [3.63, 3.8) is 0 Å². The number of fused-ring (bicyclic) bond motifs is 1. The van der Waals surface area contributed by atoms with Crippen LogP contribution in [0.25, 0.3) is 11.0 Å². The van der Waals surface area contributed by atoms with Gasteiger partial charge in [0.15, 0.2) is 0 Å². The summed E-state index contributed by atoms with van der Waals surface area (Å²) in [5.74, 6) is 0.788. The van der Waals surface area contributed by atoms with Gasteiger partial charge in [0.1, 0.15) is 12.4 Å². The van der Waals surface area contributed by atoms with Crippen LogP contribution in [-0.2, 0) is 16.1 Å². The number of imidazole rings is 1. The number of aryl methyl sites for hydroxylation is 2. The molecule has 0 unspecified atom stereocenters. The summed E-state index contributed by atoms with van der Waals surface area (Å²) >= 11 is 0. The highest BCUT2D eigenvalue weighted by atomic mass is 16.2. The minimum Gasteiger partial charge on any atom is -0.318 e. The normalized spacial score (nSPS) is 15.8. The molecule has 1 fully saturated rings. The number of anilines is 2. The topological polar surface area (TPSA) is 58.4 Å². The van der Waals surface area contributed by atoms with Crippen LogP contribution in [-0.4, -0.2) is 34.0 Å². The van der Waals surface area contributed by atoms with Crippen LogP contribution in [0, 0.1) is 13.8 Å². The molecule has 5 rings (SSSR count). The van der Waals surface area contributed by atoms with Crippen molar-refractivity contribution in [2.75, 3.05) is 16.3 Å². The Kier molecular flexibility index (Phi) is 6.35. The molecule has 1 aliphatic rings. The Balaban J connectivity index is 1.51. The van der Waals surface area contributed by atoms with Crippen molar-refractivity contribution in [3.05, 3.63) is 89.7 Å². The molecule has 3 aromatic carbocycles. The molecule has 36 heavy (non-hydrogen) atoms. The van der Waals surface area contributed by atoms with Gasteiger partial charge < -0.3 is 14.4 Å². The lowest BCUT2D eigenvalue weighted by atomic mass is 10.1. The van der Waals surface area contributed by atoms with Crippen LogP contribution in [0.2, 0.25) is 0 Å². The van der Waals surface area contributed by atoms with E-state index in [0.29, 0.717) is 13.0 Å². The number of carbonyl (C=O) groups is 2. The number of hydrogen-bond donors (Lipinski definition) is 0. The minimum atomic E-state index is -0.0964. The van der Waals surface area contributed by atoms with Gasteiger partial charge in [-0.1, -0.05) is 48.5 Å². The first kappa shape index (κ1) is 23.8. The molecule has 1 atom stereocenters. The molecule has 2 amide bonds. The average Bonchev–Trinajstić information content (AvgIpc) is 3.40. The van der Waals surface area contributed by atoms with Crippen LogP contribution in [0.5, 0.6) is 0 Å². The summed E-state index contributed by atoms with van der Waals surface area (Å²) in [7, 11) is 0. The van der Waals surface area contributed by atoms with Crippen LogP contribution < -0.4 is 9.80 Å². The molecule has 0 spiro atoms. The van der Waals surface area contributed by atoms with E-state index < -0.39 is 0 Å². The number of carbonyl (C=O) groups excluding carboxylic acids is 2. The third-order valence-electron chi connectivity index (χ3n) is 7.00. The lowest BCUT2D eigenvalue weighted by molar-refractivity contribution is -0.119. The van der Waals surface area contributed by atoms with Gasteiger partial charge in [-0.15, -0.1) is 0 Å². The molecule has 184 valence electrons. The van der Waals surface area contributed by atoms with E-state index in [-0.39, 0.29) is 30.3 Å². The third-order valence-corrected chi connectivity index (χ3v) is 7.00. The standard InChI is InChI=1S/C30H32N4O2/c1-20(2)34(24-13-6-5-7-14-24)28(36)19-32-26-16-9-8-15-25(26)31-30(32)23-17-27(35)33(18-23)29-21(3)11-10-12-22(29)4/h5-16,20,23H,17-19H2,1-4H3/t23-/m0/s1. The molecular formula is C30H32N4O2. The molecule has 4 aromatic rings. The monoisotopic (exact) mass is 480 g/mol. The lowest BCUT2D eigenvalue weighted by Crippen LogP contribution is -2.39. The fourth-order valence-electron chi connectivity index (χ4n) is 5.43. The third kappa shape index (κ3) is 4.28. The van der Waals surface area contributed by atoms with E-state index in [1.807, 2.05) is 115 Å². The van der Waals surface area contributed by atoms with Gasteiger partial charge in [0.25, 0.3) is 0 Å². The Morgan fingerprint density at radius 2 is 1.64 bits per heavy atom. The number of nitrogens with zero attached hydrogens (tertiary/aromatic N) is 4. The van der Waals surface area contributed by atoms with E-state index in [2.05, 4.69) is 0 Å². The zero-order valence-electron chi connectivity index (χ0n) is 21.3. The summed E-state index contributed by atoms with van der Waals surface area (Å²) < 4.78 is 2.02. The number of aromatic nitrogens is 2. The number of rotatable bonds is 6. The van der Waals surface area contributed by atoms with E-state index >= 15 is 0 Å². The highest BCUT2D eigenvalue weighted by molar-refractivity contribution is 5.98. The highest BCUT2D eigenvalue weighted by Gasteiger charge is 2.36. The van der Waals surface area contributed by atoms with Gasteiger partial charge in [0.2, 0.25) is 11.8 Å². The first-order chi connectivity index (χ1) is 17.3. The van der Waals surface area contributed by atoms with Gasteiger partial charge in [-0.2, -0.15) is 0 Å². The maximum absolute atomic E-state index is 13.7. The number of amides is 2. The number of hydrogen-bond acceptors (Lipinski definition) is 3. The highest BCUT2D eigenvalue weighted by Crippen LogP contribution is 2.36. The largest absolute Gasteiger partial charge is 0.318 e. The summed E-state index contributed by atoms with van der Waals surface area (Å²) in [6, 6.07) is 23.8. The van der Waals surface area contributed by atoms with Crippen molar-refractivity contribution in [1.29, 1.82) is 0 Å². The van der Waals surface area contributed by atoms with Crippen LogP contribution in [0.15, 0.2) is 72.8 Å². The summed E-state index contributed by atoms with van der Waals surface area (Å²) in [5.41, 5.74) is 5.79. The Labute approximate surface area is 212 Å². The van der Waals surface area contributed by atoms with Crippen LogP contribution in [0.3, 0.4) is 0 Å². The Hall–Kier alpha value is -3.93. The zero-order valence-corrected chi connectivity index (χ0v) is 21.3. The van der Waals surface area contributed by atoms with Gasteiger partial charge >= 0.3 is 0 Å². The van der Waals surface area contributed by atoms with Gasteiger partial charge in [-0.05, 0) is 63.1 Å². The smallest absolute Gasteiger partial charge is 0.247 e. The second-order valence-corrected chi connectivity index (χ2v) is 9.88. The van der Waals surface area contributed by atoms with Crippen molar-refractivity contribution in [2.24, 2.45) is 0 Å². The van der Waals surface area contributed by atoms with Crippen molar-refractivity contribution >= 4 is 34.2 Å². The summed E-state index contributed by atoms with van der Waals surface area (Å²) in [6.45, 7) is 8.85. The van der Waals surface area contributed by atoms with Crippen LogP contribution >= 0.6 is 0 Å². The Bertz CT molecular complexity index is 1400. The maximum atomic E-state index is 13.7. The Morgan fingerprint density at radius 3 is 2.33 bits per heavy atom. The van der Waals surface area contributed by atoms with E-state index in [9.17, 15) is 9.59 Å². The average molecular weight is 481 g/mol. The van der Waals surface area contributed by atoms with Gasteiger partial charge in [-0.3, -0.25) is 9.59 Å². The summed E-state index contributed by atoms with van der Waals surface area (Å²) in [6.07, 6.45) is 0.373. The molecule has 0 aliphatic carbocycles. The first-order valence-corrected chi connectivity index (χ1v) is 12.5. The lowest BCUT2D eigenvalue weighted by Gasteiger charge is -2.28. The minimum absolute atomic E-state index is 0.00321. The van der Waals surface area contributed by atoms with E-state index in [1.54, 1.807) is 0 Å². The van der Waals surface area contributed by atoms with E-state index in [4.69, 9.17) is 4.98 Å². The molecule has 0 radical (unpaired) electrons. The van der Waals surface area contributed by atoms with Gasteiger partial charge in [0, 0.05) is 36.3 Å². The zero-order chi connectivity index (χ0) is 25.4. The molecular weight excluding hydrogens is 448 g/mol. The van der Waals surface area contributed by atoms with Gasteiger partial charge in [-0.25, -0.2) is 4.98 Å². The van der Waals surface area contributed by atoms with Crippen molar-refractivity contribution in [2.45, 2.75) is 52.6 Å². The van der Waals surface area contributed by atoms with Crippen molar-refractivity contribution in [3.8, 4) is 0 Å². The molecule has 1 aliphatic heterocycles. The SMILES string of the molecule is Cc1cccc(C)c1N1C[C@@H](c2nc3ccccc3n2CC(=O)N(c2ccccc2)C(C)C)CC1=O. The predicted octanol–water partition coefficient (Wildman–Crippen LogP) is 5.62. The Morgan fingerprint density at radius 1 is 0.972 bits per heavy atom.